The molecule has 1 unspecified atom stereocenters. The maximum atomic E-state index is 4.62. The molecular formula is C14H23N7. The number of aromatic nitrogens is 4. The zero-order valence-corrected chi connectivity index (χ0v) is 12.9. The largest absolute Gasteiger partial charge is 0.357 e. The zero-order chi connectivity index (χ0) is 14.8. The van der Waals surface area contributed by atoms with Gasteiger partial charge in [-0.1, -0.05) is 6.92 Å². The van der Waals surface area contributed by atoms with Crippen molar-refractivity contribution < 1.29 is 0 Å². The van der Waals surface area contributed by atoms with Gasteiger partial charge in [-0.15, -0.1) is 0 Å². The van der Waals surface area contributed by atoms with Crippen LogP contribution in [0.5, 0.6) is 0 Å². The van der Waals surface area contributed by atoms with E-state index < -0.39 is 0 Å². The molecule has 3 rings (SSSR count). The van der Waals surface area contributed by atoms with Crippen LogP contribution in [0.15, 0.2) is 6.33 Å². The number of rotatable bonds is 4. The third kappa shape index (κ3) is 2.65. The van der Waals surface area contributed by atoms with Gasteiger partial charge < -0.3 is 15.2 Å². The minimum atomic E-state index is 0.619. The highest BCUT2D eigenvalue weighted by Crippen LogP contribution is 2.24. The highest BCUT2D eigenvalue weighted by molar-refractivity contribution is 5.84. The van der Waals surface area contributed by atoms with Crippen molar-refractivity contribution >= 4 is 22.9 Å². The molecule has 0 radical (unpaired) electrons. The normalized spacial score (nSPS) is 18.1. The van der Waals surface area contributed by atoms with E-state index in [0.29, 0.717) is 17.6 Å². The smallest absolute Gasteiger partial charge is 0.226 e. The van der Waals surface area contributed by atoms with Gasteiger partial charge in [0.05, 0.1) is 6.33 Å². The molecule has 1 fully saturated rings. The van der Waals surface area contributed by atoms with Crippen molar-refractivity contribution in [2.75, 3.05) is 43.4 Å². The van der Waals surface area contributed by atoms with E-state index in [1.165, 1.54) is 6.42 Å². The lowest BCUT2D eigenvalue weighted by Gasteiger charge is -2.38. The number of imidazole rings is 1. The Labute approximate surface area is 124 Å². The van der Waals surface area contributed by atoms with Crippen LogP contribution < -0.4 is 10.2 Å². The predicted octanol–water partition coefficient (Wildman–Crippen LogP) is 1.32. The summed E-state index contributed by atoms with van der Waals surface area (Å²) in [7, 11) is 1.83. The van der Waals surface area contributed by atoms with Crippen LogP contribution in [0, 0.1) is 0 Å². The quantitative estimate of drug-likeness (QED) is 0.884. The van der Waals surface area contributed by atoms with E-state index in [9.17, 15) is 0 Å². The molecule has 0 aliphatic carbocycles. The number of H-pyrrole nitrogens is 1. The van der Waals surface area contributed by atoms with Crippen LogP contribution in [0.2, 0.25) is 0 Å². The van der Waals surface area contributed by atoms with Crippen LogP contribution in [0.4, 0.5) is 11.8 Å². The van der Waals surface area contributed by atoms with Gasteiger partial charge in [0, 0.05) is 39.3 Å². The molecule has 0 saturated carbocycles. The van der Waals surface area contributed by atoms with E-state index in [1.807, 2.05) is 7.05 Å². The summed E-state index contributed by atoms with van der Waals surface area (Å²) in [6.07, 6.45) is 2.87. The maximum absolute atomic E-state index is 4.62. The van der Waals surface area contributed by atoms with Gasteiger partial charge in [-0.3, -0.25) is 4.90 Å². The minimum absolute atomic E-state index is 0.619. The summed E-state index contributed by atoms with van der Waals surface area (Å²) in [5.74, 6) is 1.57. The lowest BCUT2D eigenvalue weighted by atomic mass is 10.2. The molecule has 2 N–H and O–H groups in total. The first-order chi connectivity index (χ1) is 10.2. The highest BCUT2D eigenvalue weighted by atomic mass is 15.3. The molecule has 1 atom stereocenters. The van der Waals surface area contributed by atoms with Gasteiger partial charge >= 0.3 is 0 Å². The topological polar surface area (TPSA) is 73.0 Å². The molecule has 7 heteroatoms. The van der Waals surface area contributed by atoms with E-state index in [-0.39, 0.29) is 0 Å². The summed E-state index contributed by atoms with van der Waals surface area (Å²) < 4.78 is 0. The Hall–Kier alpha value is -1.89. The SMILES string of the molecule is CCC(C)N1CCN(c2nc(NC)nc3nc[nH]c23)CC1. The molecule has 0 spiro atoms. The van der Waals surface area contributed by atoms with Crippen LogP contribution in [-0.2, 0) is 0 Å². The van der Waals surface area contributed by atoms with Crippen molar-refractivity contribution in [2.24, 2.45) is 0 Å². The summed E-state index contributed by atoms with van der Waals surface area (Å²) >= 11 is 0. The summed E-state index contributed by atoms with van der Waals surface area (Å²) in [6.45, 7) is 8.66. The number of fused-ring (bicyclic) bond motifs is 1. The first-order valence-corrected chi connectivity index (χ1v) is 7.60. The van der Waals surface area contributed by atoms with Gasteiger partial charge in [0.15, 0.2) is 11.5 Å². The number of nitrogens with zero attached hydrogens (tertiary/aromatic N) is 5. The Morgan fingerprint density at radius 3 is 2.71 bits per heavy atom. The van der Waals surface area contributed by atoms with E-state index in [1.54, 1.807) is 6.33 Å². The maximum Gasteiger partial charge on any atom is 0.226 e. The fraction of sp³-hybridized carbons (Fsp3) is 0.643. The first kappa shape index (κ1) is 14.1. The van der Waals surface area contributed by atoms with Gasteiger partial charge in [0.2, 0.25) is 5.95 Å². The molecule has 7 nitrogen and oxygen atoms in total. The molecule has 21 heavy (non-hydrogen) atoms. The average Bonchev–Trinajstić information content (AvgIpc) is 3.01. The fourth-order valence-electron chi connectivity index (χ4n) is 2.79. The van der Waals surface area contributed by atoms with E-state index in [4.69, 9.17) is 0 Å². The average molecular weight is 289 g/mol. The van der Waals surface area contributed by atoms with Crippen molar-refractivity contribution in [3.63, 3.8) is 0 Å². The van der Waals surface area contributed by atoms with Gasteiger partial charge in [0.1, 0.15) is 5.52 Å². The summed E-state index contributed by atoms with van der Waals surface area (Å²) in [6, 6.07) is 0.651. The van der Waals surface area contributed by atoms with Crippen LogP contribution in [-0.4, -0.2) is 64.1 Å². The van der Waals surface area contributed by atoms with Crippen LogP contribution >= 0.6 is 0 Å². The van der Waals surface area contributed by atoms with Crippen LogP contribution in [0.25, 0.3) is 11.2 Å². The predicted molar refractivity (Wildman–Crippen MR) is 84.8 cm³/mol. The van der Waals surface area contributed by atoms with Crippen LogP contribution in [0.1, 0.15) is 20.3 Å². The minimum Gasteiger partial charge on any atom is -0.357 e. The summed E-state index contributed by atoms with van der Waals surface area (Å²) in [4.78, 5) is 21.3. The molecule has 0 aromatic carbocycles. The van der Waals surface area contributed by atoms with Crippen molar-refractivity contribution in [1.82, 2.24) is 24.8 Å². The Morgan fingerprint density at radius 1 is 1.29 bits per heavy atom. The number of aromatic amines is 1. The van der Waals surface area contributed by atoms with Crippen molar-refractivity contribution in [2.45, 2.75) is 26.3 Å². The number of nitrogens with one attached hydrogen (secondary N) is 2. The van der Waals surface area contributed by atoms with Gasteiger partial charge in [-0.25, -0.2) is 4.98 Å². The molecule has 0 bridgehead atoms. The number of hydrogen-bond acceptors (Lipinski definition) is 6. The monoisotopic (exact) mass is 289 g/mol. The van der Waals surface area contributed by atoms with E-state index >= 15 is 0 Å². The molecule has 2 aromatic rings. The molecule has 1 aliphatic rings. The second kappa shape index (κ2) is 5.85. The molecule has 114 valence electrons. The lowest BCUT2D eigenvalue weighted by Crippen LogP contribution is -2.49. The molecule has 1 saturated heterocycles. The molecule has 2 aromatic heterocycles. The Balaban J connectivity index is 1.83. The van der Waals surface area contributed by atoms with Gasteiger partial charge in [0.25, 0.3) is 0 Å². The second-order valence-electron chi connectivity index (χ2n) is 5.50. The van der Waals surface area contributed by atoms with Crippen molar-refractivity contribution in [3.8, 4) is 0 Å². The molecular weight excluding hydrogens is 266 g/mol. The lowest BCUT2D eigenvalue weighted by molar-refractivity contribution is 0.192. The number of piperazine rings is 1. The Bertz CT molecular complexity index is 600. The van der Waals surface area contributed by atoms with Gasteiger partial charge in [-0.05, 0) is 13.3 Å². The number of anilines is 2. The zero-order valence-electron chi connectivity index (χ0n) is 12.9. The highest BCUT2D eigenvalue weighted by Gasteiger charge is 2.23. The molecule has 0 amide bonds. The van der Waals surface area contributed by atoms with Crippen molar-refractivity contribution in [1.29, 1.82) is 0 Å². The van der Waals surface area contributed by atoms with E-state index in [0.717, 1.165) is 37.5 Å². The Kier molecular flexibility index (Phi) is 3.92. The fourth-order valence-corrected chi connectivity index (χ4v) is 2.79. The third-order valence-corrected chi connectivity index (χ3v) is 4.32. The van der Waals surface area contributed by atoms with Crippen LogP contribution in [0.3, 0.4) is 0 Å². The summed E-state index contributed by atoms with van der Waals surface area (Å²) in [5, 5.41) is 3.01. The molecule has 1 aliphatic heterocycles. The number of hydrogen-bond donors (Lipinski definition) is 2. The molecule has 3 heterocycles. The van der Waals surface area contributed by atoms with Gasteiger partial charge in [-0.2, -0.15) is 9.97 Å². The first-order valence-electron chi connectivity index (χ1n) is 7.60. The summed E-state index contributed by atoms with van der Waals surface area (Å²) in [5.41, 5.74) is 1.64. The van der Waals surface area contributed by atoms with Crippen molar-refractivity contribution in [3.05, 3.63) is 6.33 Å². The van der Waals surface area contributed by atoms with E-state index in [2.05, 4.69) is 48.9 Å². The third-order valence-electron chi connectivity index (χ3n) is 4.32. The second-order valence-corrected chi connectivity index (χ2v) is 5.50. The Morgan fingerprint density at radius 2 is 2.05 bits per heavy atom. The standard InChI is InChI=1S/C14H23N7/c1-4-10(2)20-5-7-21(8-6-20)13-11-12(17-9-16-11)18-14(15-3)19-13/h9-10H,4-8H2,1-3H3,(H2,15,16,17,18,19).